The standard InChI is InChI=1S/C22H17ClN4OS2/c23-15-9-7-13(8-10-15)18-11-30-22(25-18)26-19(28)12-29-21-16-3-1-2-4-17(16)24-20(27-21)14-5-6-14/h1-4,7-11,14H,5-6,12H2,(H,25,26,28). The zero-order valence-corrected chi connectivity index (χ0v) is 18.2. The maximum absolute atomic E-state index is 12.5. The summed E-state index contributed by atoms with van der Waals surface area (Å²) in [6.07, 6.45) is 2.28. The van der Waals surface area contributed by atoms with Crippen molar-refractivity contribution in [2.45, 2.75) is 23.8 Å². The summed E-state index contributed by atoms with van der Waals surface area (Å²) in [5.41, 5.74) is 2.71. The monoisotopic (exact) mass is 452 g/mol. The Labute approximate surface area is 186 Å². The molecular weight excluding hydrogens is 436 g/mol. The van der Waals surface area contributed by atoms with Gasteiger partial charge in [-0.3, -0.25) is 4.79 Å². The van der Waals surface area contributed by atoms with Crippen molar-refractivity contribution in [2.75, 3.05) is 11.1 Å². The Bertz CT molecular complexity index is 1220. The van der Waals surface area contributed by atoms with Crippen LogP contribution in [0.4, 0.5) is 5.13 Å². The second-order valence-electron chi connectivity index (χ2n) is 7.06. The summed E-state index contributed by atoms with van der Waals surface area (Å²) >= 11 is 8.78. The first-order valence-corrected chi connectivity index (χ1v) is 11.8. The summed E-state index contributed by atoms with van der Waals surface area (Å²) in [4.78, 5) is 26.5. The van der Waals surface area contributed by atoms with Crippen LogP contribution in [0.3, 0.4) is 0 Å². The van der Waals surface area contributed by atoms with Gasteiger partial charge in [0.1, 0.15) is 10.9 Å². The van der Waals surface area contributed by atoms with Crippen molar-refractivity contribution < 1.29 is 4.79 Å². The summed E-state index contributed by atoms with van der Waals surface area (Å²) in [6.45, 7) is 0. The molecule has 150 valence electrons. The molecule has 0 saturated heterocycles. The topological polar surface area (TPSA) is 67.8 Å². The molecule has 2 aromatic carbocycles. The highest BCUT2D eigenvalue weighted by Gasteiger charge is 2.27. The van der Waals surface area contributed by atoms with Gasteiger partial charge in [0, 0.05) is 27.3 Å². The van der Waals surface area contributed by atoms with Crippen molar-refractivity contribution in [1.82, 2.24) is 15.0 Å². The third-order valence-electron chi connectivity index (χ3n) is 4.76. The smallest absolute Gasteiger partial charge is 0.236 e. The largest absolute Gasteiger partial charge is 0.301 e. The second-order valence-corrected chi connectivity index (χ2v) is 9.32. The Balaban J connectivity index is 1.27. The van der Waals surface area contributed by atoms with E-state index in [4.69, 9.17) is 16.6 Å². The number of carbonyl (C=O) groups excluding carboxylic acids is 1. The van der Waals surface area contributed by atoms with Crippen LogP contribution < -0.4 is 5.32 Å². The lowest BCUT2D eigenvalue weighted by Gasteiger charge is -2.08. The number of carbonyl (C=O) groups is 1. The van der Waals surface area contributed by atoms with Crippen LogP contribution in [0.25, 0.3) is 22.2 Å². The predicted molar refractivity (Wildman–Crippen MR) is 123 cm³/mol. The van der Waals surface area contributed by atoms with Gasteiger partial charge in [0.15, 0.2) is 5.13 Å². The number of halogens is 1. The molecular formula is C22H17ClN4OS2. The third kappa shape index (κ3) is 4.33. The van der Waals surface area contributed by atoms with Crippen LogP contribution in [0, 0.1) is 0 Å². The van der Waals surface area contributed by atoms with E-state index in [2.05, 4.69) is 15.3 Å². The number of nitrogens with one attached hydrogen (secondary N) is 1. The molecule has 2 heterocycles. The van der Waals surface area contributed by atoms with Gasteiger partial charge < -0.3 is 5.32 Å². The molecule has 1 N–H and O–H groups in total. The highest BCUT2D eigenvalue weighted by molar-refractivity contribution is 8.00. The molecule has 0 radical (unpaired) electrons. The van der Waals surface area contributed by atoms with Gasteiger partial charge in [0.2, 0.25) is 5.91 Å². The van der Waals surface area contributed by atoms with E-state index in [1.54, 1.807) is 0 Å². The minimum Gasteiger partial charge on any atom is -0.301 e. The molecule has 4 aromatic rings. The van der Waals surface area contributed by atoms with Crippen molar-refractivity contribution in [3.63, 3.8) is 0 Å². The summed E-state index contributed by atoms with van der Waals surface area (Å²) in [5, 5.41) is 7.92. The maximum Gasteiger partial charge on any atom is 0.236 e. The average Bonchev–Trinajstić information content (AvgIpc) is 3.52. The van der Waals surface area contributed by atoms with Crippen molar-refractivity contribution in [3.05, 3.63) is 64.8 Å². The average molecular weight is 453 g/mol. The van der Waals surface area contributed by atoms with Gasteiger partial charge in [-0.25, -0.2) is 15.0 Å². The van der Waals surface area contributed by atoms with Crippen molar-refractivity contribution in [1.29, 1.82) is 0 Å². The number of fused-ring (bicyclic) bond motifs is 1. The van der Waals surface area contributed by atoms with Crippen LogP contribution in [0.5, 0.6) is 0 Å². The SMILES string of the molecule is O=C(CSc1nc(C2CC2)nc2ccccc12)Nc1nc(-c2ccc(Cl)cc2)cs1. The lowest BCUT2D eigenvalue weighted by molar-refractivity contribution is -0.113. The quantitative estimate of drug-likeness (QED) is 0.286. The third-order valence-corrected chi connectivity index (χ3v) is 6.76. The van der Waals surface area contributed by atoms with Crippen LogP contribution in [0.2, 0.25) is 5.02 Å². The molecule has 1 fully saturated rings. The molecule has 0 unspecified atom stereocenters. The molecule has 1 aliphatic carbocycles. The first-order valence-electron chi connectivity index (χ1n) is 9.56. The highest BCUT2D eigenvalue weighted by atomic mass is 35.5. The molecule has 5 nitrogen and oxygen atoms in total. The molecule has 2 aromatic heterocycles. The molecule has 1 aliphatic rings. The van der Waals surface area contributed by atoms with E-state index < -0.39 is 0 Å². The zero-order chi connectivity index (χ0) is 20.5. The first-order chi connectivity index (χ1) is 14.7. The van der Waals surface area contributed by atoms with Crippen molar-refractivity contribution >= 4 is 56.6 Å². The normalized spacial score (nSPS) is 13.5. The van der Waals surface area contributed by atoms with Gasteiger partial charge in [0.25, 0.3) is 0 Å². The molecule has 30 heavy (non-hydrogen) atoms. The van der Waals surface area contributed by atoms with E-state index in [1.807, 2.05) is 53.9 Å². The minimum absolute atomic E-state index is 0.104. The summed E-state index contributed by atoms with van der Waals surface area (Å²) < 4.78 is 0. The zero-order valence-electron chi connectivity index (χ0n) is 15.8. The van der Waals surface area contributed by atoms with Gasteiger partial charge in [0.05, 0.1) is 17.0 Å². The van der Waals surface area contributed by atoms with Crippen LogP contribution in [-0.4, -0.2) is 26.6 Å². The lowest BCUT2D eigenvalue weighted by Crippen LogP contribution is -2.14. The molecule has 0 aliphatic heterocycles. The molecule has 0 atom stereocenters. The number of para-hydroxylation sites is 1. The molecule has 1 saturated carbocycles. The van der Waals surface area contributed by atoms with E-state index in [0.717, 1.165) is 45.9 Å². The Kier molecular flexibility index (Phi) is 5.41. The molecule has 1 amide bonds. The van der Waals surface area contributed by atoms with Crippen LogP contribution >= 0.6 is 34.7 Å². The Hall–Kier alpha value is -2.48. The highest BCUT2D eigenvalue weighted by Crippen LogP contribution is 2.39. The molecule has 0 spiro atoms. The number of aromatic nitrogens is 3. The predicted octanol–water partition coefficient (Wildman–Crippen LogP) is 6.01. The number of benzene rings is 2. The summed E-state index contributed by atoms with van der Waals surface area (Å²) in [7, 11) is 0. The summed E-state index contributed by atoms with van der Waals surface area (Å²) in [5.74, 6) is 1.52. The Morgan fingerprint density at radius 3 is 2.70 bits per heavy atom. The first kappa shape index (κ1) is 19.5. The Morgan fingerprint density at radius 2 is 1.90 bits per heavy atom. The van der Waals surface area contributed by atoms with Gasteiger partial charge in [-0.2, -0.15) is 0 Å². The number of hydrogen-bond donors (Lipinski definition) is 1. The van der Waals surface area contributed by atoms with E-state index in [0.29, 0.717) is 16.1 Å². The maximum atomic E-state index is 12.5. The fraction of sp³-hybridized carbons (Fsp3) is 0.182. The molecule has 0 bridgehead atoms. The van der Waals surface area contributed by atoms with Crippen LogP contribution in [-0.2, 0) is 4.79 Å². The lowest BCUT2D eigenvalue weighted by atomic mass is 10.2. The fourth-order valence-corrected chi connectivity index (χ4v) is 4.76. The second kappa shape index (κ2) is 8.34. The minimum atomic E-state index is -0.104. The van der Waals surface area contributed by atoms with Crippen LogP contribution in [0.1, 0.15) is 24.6 Å². The number of hydrogen-bond acceptors (Lipinski definition) is 6. The van der Waals surface area contributed by atoms with Gasteiger partial charge in [-0.1, -0.05) is 53.7 Å². The summed E-state index contributed by atoms with van der Waals surface area (Å²) in [6, 6.07) is 15.4. The van der Waals surface area contributed by atoms with Gasteiger partial charge in [-0.15, -0.1) is 11.3 Å². The molecule has 8 heteroatoms. The molecule has 5 rings (SSSR count). The number of anilines is 1. The number of nitrogens with zero attached hydrogens (tertiary/aromatic N) is 3. The fourth-order valence-electron chi connectivity index (χ4n) is 3.07. The Morgan fingerprint density at radius 1 is 1.10 bits per heavy atom. The van der Waals surface area contributed by atoms with Crippen molar-refractivity contribution in [3.8, 4) is 11.3 Å². The number of thioether (sulfide) groups is 1. The van der Waals surface area contributed by atoms with Crippen molar-refractivity contribution in [2.24, 2.45) is 0 Å². The number of rotatable bonds is 6. The number of thiazole rings is 1. The van der Waals surface area contributed by atoms with Gasteiger partial charge >= 0.3 is 0 Å². The van der Waals surface area contributed by atoms with E-state index in [9.17, 15) is 4.79 Å². The van der Waals surface area contributed by atoms with E-state index >= 15 is 0 Å². The van der Waals surface area contributed by atoms with Crippen LogP contribution in [0.15, 0.2) is 58.9 Å². The number of amides is 1. The van der Waals surface area contributed by atoms with E-state index in [-0.39, 0.29) is 11.7 Å². The van der Waals surface area contributed by atoms with Gasteiger partial charge in [-0.05, 0) is 31.0 Å². The van der Waals surface area contributed by atoms with E-state index in [1.165, 1.54) is 23.1 Å².